The molecule has 15 heavy (non-hydrogen) atoms. The van der Waals surface area contributed by atoms with Gasteiger partial charge in [-0.15, -0.1) is 0 Å². The topological polar surface area (TPSA) is 58.4 Å². The third kappa shape index (κ3) is 4.75. The van der Waals surface area contributed by atoms with Crippen LogP contribution in [-0.2, 0) is 0 Å². The highest BCUT2D eigenvalue weighted by Gasteiger charge is 2.20. The van der Waals surface area contributed by atoms with E-state index in [0.29, 0.717) is 6.04 Å². The molecule has 5 heteroatoms. The summed E-state index contributed by atoms with van der Waals surface area (Å²) in [6.07, 6.45) is 5.41. The van der Waals surface area contributed by atoms with Crippen molar-refractivity contribution in [3.05, 3.63) is 0 Å². The van der Waals surface area contributed by atoms with Crippen LogP contribution >= 0.6 is 11.8 Å². The Balaban J connectivity index is 2.07. The summed E-state index contributed by atoms with van der Waals surface area (Å²) in [6.45, 7) is 2.69. The summed E-state index contributed by atoms with van der Waals surface area (Å²) < 4.78 is 0. The second kappa shape index (κ2) is 6.95. The Labute approximate surface area is 96.0 Å². The summed E-state index contributed by atoms with van der Waals surface area (Å²) >= 11 is 1.88. The van der Waals surface area contributed by atoms with Crippen LogP contribution in [0.3, 0.4) is 0 Å². The number of piperidine rings is 1. The lowest BCUT2D eigenvalue weighted by molar-refractivity contribution is 0.185. The van der Waals surface area contributed by atoms with Gasteiger partial charge in [0.1, 0.15) is 0 Å². The molecular formula is C10H21N3OS. The quantitative estimate of drug-likeness (QED) is 0.690. The molecule has 0 saturated carbocycles. The van der Waals surface area contributed by atoms with Gasteiger partial charge < -0.3 is 16.0 Å². The molecule has 1 saturated heterocycles. The average molecular weight is 231 g/mol. The Bertz CT molecular complexity index is 193. The van der Waals surface area contributed by atoms with E-state index >= 15 is 0 Å². The molecule has 0 unspecified atom stereocenters. The van der Waals surface area contributed by atoms with Gasteiger partial charge in [-0.1, -0.05) is 0 Å². The zero-order valence-corrected chi connectivity index (χ0v) is 10.2. The summed E-state index contributed by atoms with van der Waals surface area (Å²) in [5, 5.41) is 3.52. The number of nitrogens with zero attached hydrogens (tertiary/aromatic N) is 1. The normalized spacial score (nSPS) is 18.1. The van der Waals surface area contributed by atoms with E-state index in [1.807, 2.05) is 11.8 Å². The van der Waals surface area contributed by atoms with E-state index in [9.17, 15) is 4.79 Å². The Morgan fingerprint density at radius 2 is 2.20 bits per heavy atom. The lowest BCUT2D eigenvalue weighted by atomic mass is 10.1. The monoisotopic (exact) mass is 231 g/mol. The van der Waals surface area contributed by atoms with Gasteiger partial charge in [-0.25, -0.2) is 4.79 Å². The Morgan fingerprint density at radius 3 is 2.73 bits per heavy atom. The average Bonchev–Trinajstić information content (AvgIpc) is 2.25. The summed E-state index contributed by atoms with van der Waals surface area (Å²) in [5.41, 5.74) is 5.22. The summed E-state index contributed by atoms with van der Waals surface area (Å²) in [4.78, 5) is 12.6. The van der Waals surface area contributed by atoms with Crippen molar-refractivity contribution in [2.24, 2.45) is 5.73 Å². The maximum atomic E-state index is 10.9. The van der Waals surface area contributed by atoms with Crippen molar-refractivity contribution in [1.29, 1.82) is 0 Å². The highest BCUT2D eigenvalue weighted by Crippen LogP contribution is 2.09. The molecule has 0 bridgehead atoms. The molecule has 0 aliphatic carbocycles. The minimum absolute atomic E-state index is 0.282. The molecule has 1 rings (SSSR count). The maximum Gasteiger partial charge on any atom is 0.314 e. The molecule has 88 valence electrons. The van der Waals surface area contributed by atoms with Crippen molar-refractivity contribution in [2.75, 3.05) is 31.6 Å². The van der Waals surface area contributed by atoms with Crippen molar-refractivity contribution in [2.45, 2.75) is 25.3 Å². The molecule has 3 N–H and O–H groups in total. The van der Waals surface area contributed by atoms with E-state index in [2.05, 4.69) is 11.6 Å². The molecule has 0 spiro atoms. The first-order valence-corrected chi connectivity index (χ1v) is 6.90. The van der Waals surface area contributed by atoms with Crippen molar-refractivity contribution in [3.63, 3.8) is 0 Å². The SMILES string of the molecule is CSCCCNC1CCN(C(N)=O)CC1. The fourth-order valence-corrected chi connectivity index (χ4v) is 2.26. The lowest BCUT2D eigenvalue weighted by Gasteiger charge is -2.31. The number of amides is 2. The van der Waals surface area contributed by atoms with Crippen molar-refractivity contribution < 1.29 is 4.79 Å². The predicted molar refractivity (Wildman–Crippen MR) is 65.2 cm³/mol. The van der Waals surface area contributed by atoms with E-state index in [0.717, 1.165) is 32.5 Å². The summed E-state index contributed by atoms with van der Waals surface area (Å²) in [6, 6.07) is 0.290. The molecule has 1 aliphatic heterocycles. The van der Waals surface area contributed by atoms with Gasteiger partial charge in [-0.05, 0) is 37.8 Å². The molecule has 0 atom stereocenters. The molecule has 4 nitrogen and oxygen atoms in total. The Kier molecular flexibility index (Phi) is 5.86. The zero-order valence-electron chi connectivity index (χ0n) is 9.37. The molecule has 1 fully saturated rings. The number of urea groups is 1. The van der Waals surface area contributed by atoms with Gasteiger partial charge in [0.05, 0.1) is 0 Å². The number of thioether (sulfide) groups is 1. The number of nitrogens with two attached hydrogens (primary N) is 1. The van der Waals surface area contributed by atoms with Crippen LogP contribution in [0, 0.1) is 0 Å². The second-order valence-corrected chi connectivity index (χ2v) is 4.89. The number of hydrogen-bond acceptors (Lipinski definition) is 3. The second-order valence-electron chi connectivity index (χ2n) is 3.90. The van der Waals surface area contributed by atoms with E-state index in [4.69, 9.17) is 5.73 Å². The van der Waals surface area contributed by atoms with Gasteiger partial charge >= 0.3 is 6.03 Å². The maximum absolute atomic E-state index is 10.9. The van der Waals surface area contributed by atoms with Crippen LogP contribution in [0.25, 0.3) is 0 Å². The van der Waals surface area contributed by atoms with E-state index in [-0.39, 0.29) is 6.03 Å². The fraction of sp³-hybridized carbons (Fsp3) is 0.900. The molecular weight excluding hydrogens is 210 g/mol. The predicted octanol–water partition coefficient (Wildman–Crippen LogP) is 0.872. The first-order valence-electron chi connectivity index (χ1n) is 5.50. The molecule has 0 aromatic rings. The minimum atomic E-state index is -0.282. The number of nitrogens with one attached hydrogen (secondary N) is 1. The zero-order chi connectivity index (χ0) is 11.1. The fourth-order valence-electron chi connectivity index (χ4n) is 1.83. The van der Waals surface area contributed by atoms with E-state index < -0.39 is 0 Å². The largest absolute Gasteiger partial charge is 0.351 e. The third-order valence-electron chi connectivity index (χ3n) is 2.76. The lowest BCUT2D eigenvalue weighted by Crippen LogP contribution is -2.47. The van der Waals surface area contributed by atoms with E-state index in [1.165, 1.54) is 12.2 Å². The molecule has 1 aliphatic rings. The number of hydrogen-bond donors (Lipinski definition) is 2. The minimum Gasteiger partial charge on any atom is -0.351 e. The highest BCUT2D eigenvalue weighted by molar-refractivity contribution is 7.98. The van der Waals surface area contributed by atoms with Crippen LogP contribution in [0.4, 0.5) is 4.79 Å². The van der Waals surface area contributed by atoms with E-state index in [1.54, 1.807) is 4.90 Å². The molecule has 1 heterocycles. The van der Waals surface area contributed by atoms with Crippen LogP contribution in [0.2, 0.25) is 0 Å². The van der Waals surface area contributed by atoms with Crippen LogP contribution in [0.15, 0.2) is 0 Å². The number of likely N-dealkylation sites (tertiary alicyclic amines) is 1. The van der Waals surface area contributed by atoms with Crippen LogP contribution in [-0.4, -0.2) is 48.6 Å². The van der Waals surface area contributed by atoms with Crippen LogP contribution < -0.4 is 11.1 Å². The number of primary amides is 1. The van der Waals surface area contributed by atoms with Gasteiger partial charge in [-0.3, -0.25) is 0 Å². The first kappa shape index (κ1) is 12.6. The van der Waals surface area contributed by atoms with Gasteiger partial charge in [-0.2, -0.15) is 11.8 Å². The standard InChI is InChI=1S/C10H21N3OS/c1-15-8-2-5-12-9-3-6-13(7-4-9)10(11)14/h9,12H,2-8H2,1H3,(H2,11,14). The first-order chi connectivity index (χ1) is 7.24. The number of carbonyl (C=O) groups is 1. The van der Waals surface area contributed by atoms with Crippen LogP contribution in [0.1, 0.15) is 19.3 Å². The van der Waals surface area contributed by atoms with Crippen molar-refractivity contribution in [3.8, 4) is 0 Å². The van der Waals surface area contributed by atoms with Gasteiger partial charge in [0.15, 0.2) is 0 Å². The highest BCUT2D eigenvalue weighted by atomic mass is 32.2. The summed E-state index contributed by atoms with van der Waals surface area (Å²) in [5.74, 6) is 1.22. The Hall–Kier alpha value is -0.420. The third-order valence-corrected chi connectivity index (χ3v) is 3.46. The molecule has 0 aromatic heterocycles. The smallest absolute Gasteiger partial charge is 0.314 e. The van der Waals surface area contributed by atoms with Crippen molar-refractivity contribution >= 4 is 17.8 Å². The number of rotatable bonds is 5. The van der Waals surface area contributed by atoms with Gasteiger partial charge in [0, 0.05) is 19.1 Å². The molecule has 0 radical (unpaired) electrons. The van der Waals surface area contributed by atoms with Gasteiger partial charge in [0.25, 0.3) is 0 Å². The van der Waals surface area contributed by atoms with Gasteiger partial charge in [0.2, 0.25) is 0 Å². The summed E-state index contributed by atoms with van der Waals surface area (Å²) in [7, 11) is 0. The number of carbonyl (C=O) groups excluding carboxylic acids is 1. The molecule has 0 aromatic carbocycles. The van der Waals surface area contributed by atoms with Crippen LogP contribution in [0.5, 0.6) is 0 Å². The molecule has 2 amide bonds. The van der Waals surface area contributed by atoms with Crippen molar-refractivity contribution in [1.82, 2.24) is 10.2 Å². The Morgan fingerprint density at radius 1 is 1.53 bits per heavy atom.